The van der Waals surface area contributed by atoms with E-state index in [2.05, 4.69) is 55.1 Å². The maximum atomic E-state index is 6.20. The summed E-state index contributed by atoms with van der Waals surface area (Å²) in [5.41, 5.74) is 5.01. The third kappa shape index (κ3) is 3.64. The van der Waals surface area contributed by atoms with Crippen LogP contribution in [0.25, 0.3) is 33.5 Å². The number of fused-ring (bicyclic) bond motifs is 2. The Kier molecular flexibility index (Phi) is 5.05. The van der Waals surface area contributed by atoms with Crippen molar-refractivity contribution in [2.24, 2.45) is 0 Å². The topological polar surface area (TPSA) is 67.1 Å². The molecule has 0 radical (unpaired) electrons. The molecule has 0 bridgehead atoms. The van der Waals surface area contributed by atoms with Crippen LogP contribution < -0.4 is 4.90 Å². The van der Waals surface area contributed by atoms with Crippen LogP contribution in [0.3, 0.4) is 0 Å². The molecule has 2 aliphatic heterocycles. The fraction of sp³-hybridized carbons (Fsp3) is 0.417. The molecule has 2 N–H and O–H groups in total. The number of likely N-dealkylation sites (N-methyl/N-ethyl adjacent to an activating group) is 1. The van der Waals surface area contributed by atoms with Crippen molar-refractivity contribution in [1.29, 1.82) is 0 Å². The van der Waals surface area contributed by atoms with E-state index < -0.39 is 0 Å². The highest BCUT2D eigenvalue weighted by atomic mass is 35.5. The zero-order valence-corrected chi connectivity index (χ0v) is 19.1. The molecule has 32 heavy (non-hydrogen) atoms. The van der Waals surface area contributed by atoms with E-state index in [1.54, 1.807) is 0 Å². The molecule has 166 valence electrons. The van der Waals surface area contributed by atoms with Crippen molar-refractivity contribution in [2.75, 3.05) is 51.2 Å². The first kappa shape index (κ1) is 20.0. The number of aromatic amines is 2. The fourth-order valence-corrected chi connectivity index (χ4v) is 5.32. The molecule has 2 saturated heterocycles. The summed E-state index contributed by atoms with van der Waals surface area (Å²) < 4.78 is 0. The van der Waals surface area contributed by atoms with Gasteiger partial charge in [0, 0.05) is 61.4 Å². The first-order chi connectivity index (χ1) is 15.6. The van der Waals surface area contributed by atoms with Crippen molar-refractivity contribution in [2.45, 2.75) is 18.9 Å². The van der Waals surface area contributed by atoms with Gasteiger partial charge in [-0.05, 0) is 56.3 Å². The van der Waals surface area contributed by atoms with E-state index in [0.717, 1.165) is 52.6 Å². The molecule has 0 aliphatic carbocycles. The standard InChI is InChI=1S/C24H28ClN7/c1-30-10-12-32(13-11-30)17-6-8-31(9-7-17)18-3-5-21-22(15-18)27-24(26-21)23-19-14-16(25)2-4-20(19)28-29-23/h2-5,14-15,17H,6-13H2,1H3,(H,26,27)(H,28,29). The molecule has 7 nitrogen and oxygen atoms in total. The molecule has 4 aromatic rings. The van der Waals surface area contributed by atoms with Crippen LogP contribution in [-0.4, -0.2) is 82.3 Å². The number of imidazole rings is 1. The molecule has 0 unspecified atom stereocenters. The Balaban J connectivity index is 1.20. The molecule has 8 heteroatoms. The van der Waals surface area contributed by atoms with Gasteiger partial charge in [0.2, 0.25) is 0 Å². The van der Waals surface area contributed by atoms with Crippen LogP contribution in [0.4, 0.5) is 5.69 Å². The fourth-order valence-electron chi connectivity index (χ4n) is 5.15. The summed E-state index contributed by atoms with van der Waals surface area (Å²) in [6, 6.07) is 13.0. The van der Waals surface area contributed by atoms with Crippen molar-refractivity contribution in [3.05, 3.63) is 41.4 Å². The lowest BCUT2D eigenvalue weighted by Gasteiger charge is -2.42. The smallest absolute Gasteiger partial charge is 0.159 e. The number of piperazine rings is 1. The molecule has 0 saturated carbocycles. The second-order valence-corrected chi connectivity index (χ2v) is 9.54. The normalized spacial score (nSPS) is 19.4. The summed E-state index contributed by atoms with van der Waals surface area (Å²) in [6.07, 6.45) is 2.46. The molecule has 6 rings (SSSR count). The molecular formula is C24H28ClN7. The Labute approximate surface area is 192 Å². The number of nitrogens with one attached hydrogen (secondary N) is 2. The third-order valence-electron chi connectivity index (χ3n) is 7.10. The summed E-state index contributed by atoms with van der Waals surface area (Å²) in [5.74, 6) is 0.763. The van der Waals surface area contributed by atoms with Crippen molar-refractivity contribution in [1.82, 2.24) is 30.0 Å². The highest BCUT2D eigenvalue weighted by Crippen LogP contribution is 2.30. The molecule has 0 spiro atoms. The summed E-state index contributed by atoms with van der Waals surface area (Å²) in [7, 11) is 2.22. The summed E-state index contributed by atoms with van der Waals surface area (Å²) in [4.78, 5) is 15.9. The Morgan fingerprint density at radius 1 is 0.938 bits per heavy atom. The van der Waals surface area contributed by atoms with Crippen molar-refractivity contribution in [3.8, 4) is 11.5 Å². The Bertz CT molecular complexity index is 1250. The predicted octanol–water partition coefficient (Wildman–Crippen LogP) is 3.98. The largest absolute Gasteiger partial charge is 0.371 e. The van der Waals surface area contributed by atoms with Crippen LogP contribution in [0.15, 0.2) is 36.4 Å². The minimum Gasteiger partial charge on any atom is -0.371 e. The van der Waals surface area contributed by atoms with Crippen LogP contribution in [0.1, 0.15) is 12.8 Å². The van der Waals surface area contributed by atoms with Crippen molar-refractivity contribution in [3.63, 3.8) is 0 Å². The van der Waals surface area contributed by atoms with Gasteiger partial charge in [-0.1, -0.05) is 11.6 Å². The first-order valence-electron chi connectivity index (χ1n) is 11.5. The van der Waals surface area contributed by atoms with Gasteiger partial charge in [0.1, 0.15) is 5.69 Å². The van der Waals surface area contributed by atoms with Gasteiger partial charge in [-0.25, -0.2) is 4.98 Å². The van der Waals surface area contributed by atoms with Gasteiger partial charge in [0.15, 0.2) is 5.82 Å². The zero-order chi connectivity index (χ0) is 21.7. The number of nitrogens with zero attached hydrogens (tertiary/aromatic N) is 5. The molecule has 2 fully saturated rings. The molecule has 2 aromatic carbocycles. The van der Waals surface area contributed by atoms with Crippen LogP contribution >= 0.6 is 11.6 Å². The Morgan fingerprint density at radius 2 is 1.75 bits per heavy atom. The van der Waals surface area contributed by atoms with Gasteiger partial charge in [0.05, 0.1) is 16.6 Å². The van der Waals surface area contributed by atoms with Gasteiger partial charge in [-0.2, -0.15) is 5.10 Å². The molecule has 0 atom stereocenters. The van der Waals surface area contributed by atoms with Crippen LogP contribution in [0.5, 0.6) is 0 Å². The lowest BCUT2D eigenvalue weighted by molar-refractivity contribution is 0.0982. The molecule has 0 amide bonds. The molecule has 4 heterocycles. The first-order valence-corrected chi connectivity index (χ1v) is 11.8. The highest BCUT2D eigenvalue weighted by Gasteiger charge is 2.27. The number of piperidine rings is 1. The summed E-state index contributed by atoms with van der Waals surface area (Å²) in [5, 5.41) is 9.22. The van der Waals surface area contributed by atoms with E-state index in [0.29, 0.717) is 5.02 Å². The summed E-state index contributed by atoms with van der Waals surface area (Å²) in [6.45, 7) is 7.00. The Morgan fingerprint density at radius 3 is 2.56 bits per heavy atom. The van der Waals surface area contributed by atoms with E-state index in [1.807, 2.05) is 18.2 Å². The number of aromatic nitrogens is 4. The van der Waals surface area contributed by atoms with Gasteiger partial charge >= 0.3 is 0 Å². The Hall–Kier alpha value is -2.61. The zero-order valence-electron chi connectivity index (χ0n) is 18.3. The minimum absolute atomic E-state index is 0.693. The monoisotopic (exact) mass is 449 g/mol. The molecule has 2 aliphatic rings. The lowest BCUT2D eigenvalue weighted by atomic mass is 10.0. The number of H-pyrrole nitrogens is 2. The number of hydrogen-bond acceptors (Lipinski definition) is 5. The van der Waals surface area contributed by atoms with E-state index in [-0.39, 0.29) is 0 Å². The van der Waals surface area contributed by atoms with Gasteiger partial charge < -0.3 is 14.8 Å². The molecule has 2 aromatic heterocycles. The van der Waals surface area contributed by atoms with E-state index in [1.165, 1.54) is 44.7 Å². The van der Waals surface area contributed by atoms with Gasteiger partial charge in [-0.15, -0.1) is 0 Å². The lowest BCUT2D eigenvalue weighted by Crippen LogP contribution is -2.52. The average Bonchev–Trinajstić information content (AvgIpc) is 3.42. The SMILES string of the molecule is CN1CCN(C2CCN(c3ccc4nc(-c5n[nH]c6ccc(Cl)cc56)[nH]c4c3)CC2)CC1. The molecular weight excluding hydrogens is 422 g/mol. The average molecular weight is 450 g/mol. The van der Waals surface area contributed by atoms with E-state index in [9.17, 15) is 0 Å². The van der Waals surface area contributed by atoms with Crippen LogP contribution in [0.2, 0.25) is 5.02 Å². The second-order valence-electron chi connectivity index (χ2n) is 9.11. The number of benzene rings is 2. The summed E-state index contributed by atoms with van der Waals surface area (Å²) >= 11 is 6.20. The van der Waals surface area contributed by atoms with Crippen molar-refractivity contribution < 1.29 is 0 Å². The number of anilines is 1. The van der Waals surface area contributed by atoms with Crippen LogP contribution in [-0.2, 0) is 0 Å². The third-order valence-corrected chi connectivity index (χ3v) is 7.33. The quantitative estimate of drug-likeness (QED) is 0.495. The maximum Gasteiger partial charge on any atom is 0.159 e. The number of hydrogen-bond donors (Lipinski definition) is 2. The number of rotatable bonds is 3. The van der Waals surface area contributed by atoms with Gasteiger partial charge in [-0.3, -0.25) is 10.00 Å². The minimum atomic E-state index is 0.693. The van der Waals surface area contributed by atoms with Gasteiger partial charge in [0.25, 0.3) is 0 Å². The van der Waals surface area contributed by atoms with E-state index in [4.69, 9.17) is 16.6 Å². The second kappa shape index (κ2) is 8.06. The maximum absolute atomic E-state index is 6.20. The predicted molar refractivity (Wildman–Crippen MR) is 130 cm³/mol. The van der Waals surface area contributed by atoms with Crippen LogP contribution in [0, 0.1) is 0 Å². The highest BCUT2D eigenvalue weighted by molar-refractivity contribution is 6.31. The van der Waals surface area contributed by atoms with E-state index >= 15 is 0 Å². The number of halogens is 1. The van der Waals surface area contributed by atoms with Crippen molar-refractivity contribution >= 4 is 39.2 Å².